The van der Waals surface area contributed by atoms with Crippen LogP contribution < -0.4 is 10.1 Å². The Balaban J connectivity index is 1.34. The van der Waals surface area contributed by atoms with Gasteiger partial charge in [0.25, 0.3) is 0 Å². The van der Waals surface area contributed by atoms with Crippen LogP contribution in [-0.2, 0) is 6.42 Å². The van der Waals surface area contributed by atoms with Gasteiger partial charge in [0.1, 0.15) is 5.75 Å². The minimum Gasteiger partial charge on any atom is -0.497 e. The third-order valence-electron chi connectivity index (χ3n) is 8.24. The van der Waals surface area contributed by atoms with E-state index >= 15 is 0 Å². The van der Waals surface area contributed by atoms with E-state index in [2.05, 4.69) is 56.1 Å². The van der Waals surface area contributed by atoms with Gasteiger partial charge in [-0.2, -0.15) is 0 Å². The molecule has 28 heavy (non-hydrogen) atoms. The summed E-state index contributed by atoms with van der Waals surface area (Å²) < 4.78 is 5.45. The van der Waals surface area contributed by atoms with E-state index in [1.807, 2.05) is 0 Å². The molecular weight excluding hydrogens is 346 g/mol. The van der Waals surface area contributed by atoms with Crippen molar-refractivity contribution in [2.24, 2.45) is 17.3 Å². The van der Waals surface area contributed by atoms with Gasteiger partial charge in [0, 0.05) is 12.6 Å². The number of benzene rings is 1. The SMILES string of the molecule is COc1ccc2c(c1)CC[C@@H]1[C@@H]2CC[C@]2(C)[C@@H](O)[C@H](NC[C]3[CH][CH][CH][CH]3)C[C@@H]12. The lowest BCUT2D eigenvalue weighted by Crippen LogP contribution is -2.47. The average Bonchev–Trinajstić information content (AvgIpc) is 3.32. The van der Waals surface area contributed by atoms with Crippen LogP contribution in [-0.4, -0.2) is 30.9 Å². The minimum absolute atomic E-state index is 0.0504. The zero-order valence-corrected chi connectivity index (χ0v) is 17.0. The molecule has 0 bridgehead atoms. The zero-order chi connectivity index (χ0) is 19.3. The Kier molecular flexibility index (Phi) is 4.95. The molecule has 0 heterocycles. The van der Waals surface area contributed by atoms with Gasteiger partial charge in [-0.15, -0.1) is 0 Å². The molecule has 1 aromatic carbocycles. The Hall–Kier alpha value is -1.06. The lowest BCUT2D eigenvalue weighted by Gasteiger charge is -2.50. The van der Waals surface area contributed by atoms with Crippen molar-refractivity contribution in [3.8, 4) is 5.75 Å². The summed E-state index contributed by atoms with van der Waals surface area (Å²) in [4.78, 5) is 0. The molecule has 2 N–H and O–H groups in total. The quantitative estimate of drug-likeness (QED) is 0.835. The van der Waals surface area contributed by atoms with Crippen molar-refractivity contribution in [3.63, 3.8) is 0 Å². The summed E-state index contributed by atoms with van der Waals surface area (Å²) in [5, 5.41) is 14.9. The lowest BCUT2D eigenvalue weighted by molar-refractivity contribution is -0.0278. The number of methoxy groups -OCH3 is 1. The molecule has 4 aliphatic rings. The summed E-state index contributed by atoms with van der Waals surface area (Å²) >= 11 is 0. The Bertz CT molecular complexity index is 712. The molecule has 0 amide bonds. The standard InChI is InChI=1S/C25H32NO2/c1-25-12-11-20-19-10-8-18(28-2)13-17(19)7-9-21(20)22(25)14-23(24(25)27)26-15-16-5-3-4-6-16/h3-6,8,10,13,20-24,26-27H,7,9,11-12,14-15H2,1-2H3/t20-,21-,22+,23-,24+,25+/m1/s1. The highest BCUT2D eigenvalue weighted by Crippen LogP contribution is 2.61. The van der Waals surface area contributed by atoms with Crippen molar-refractivity contribution < 1.29 is 9.84 Å². The van der Waals surface area contributed by atoms with Crippen LogP contribution in [0.25, 0.3) is 0 Å². The van der Waals surface area contributed by atoms with E-state index in [-0.39, 0.29) is 17.6 Å². The molecule has 0 aliphatic heterocycles. The molecule has 5 rings (SSSR count). The lowest BCUT2D eigenvalue weighted by atomic mass is 9.55. The molecule has 3 saturated carbocycles. The summed E-state index contributed by atoms with van der Waals surface area (Å²) in [6, 6.07) is 6.89. The first-order valence-electron chi connectivity index (χ1n) is 10.9. The molecule has 149 valence electrons. The summed E-state index contributed by atoms with van der Waals surface area (Å²) in [7, 11) is 1.75. The van der Waals surface area contributed by atoms with Crippen molar-refractivity contribution in [1.82, 2.24) is 5.32 Å². The molecule has 0 saturated heterocycles. The average molecular weight is 379 g/mol. The monoisotopic (exact) mass is 378 g/mol. The van der Waals surface area contributed by atoms with E-state index in [4.69, 9.17) is 4.74 Å². The third-order valence-corrected chi connectivity index (χ3v) is 8.24. The number of ether oxygens (including phenoxy) is 1. The third kappa shape index (κ3) is 3.01. The number of nitrogens with one attached hydrogen (secondary N) is 1. The number of hydrogen-bond donors (Lipinski definition) is 2. The molecule has 0 aromatic heterocycles. The van der Waals surface area contributed by atoms with Crippen molar-refractivity contribution >= 4 is 0 Å². The van der Waals surface area contributed by atoms with Gasteiger partial charge >= 0.3 is 0 Å². The molecule has 3 nitrogen and oxygen atoms in total. The molecule has 3 fully saturated rings. The second kappa shape index (κ2) is 7.32. The predicted molar refractivity (Wildman–Crippen MR) is 111 cm³/mol. The molecule has 6 atom stereocenters. The van der Waals surface area contributed by atoms with Gasteiger partial charge in [0.05, 0.1) is 13.2 Å². The Morgan fingerprint density at radius 2 is 2.04 bits per heavy atom. The fraction of sp³-hybridized carbons (Fsp3) is 0.560. The number of fused-ring (bicyclic) bond motifs is 5. The van der Waals surface area contributed by atoms with Crippen LogP contribution in [0.4, 0.5) is 0 Å². The zero-order valence-electron chi connectivity index (χ0n) is 17.0. The van der Waals surface area contributed by atoms with Crippen LogP contribution in [0.2, 0.25) is 0 Å². The normalized spacial score (nSPS) is 40.0. The van der Waals surface area contributed by atoms with Gasteiger partial charge in [0.15, 0.2) is 0 Å². The molecular formula is C25H32NO2. The fourth-order valence-corrected chi connectivity index (χ4v) is 6.68. The number of rotatable bonds is 4. The summed E-state index contributed by atoms with van der Waals surface area (Å²) in [6.45, 7) is 3.21. The molecule has 3 heteroatoms. The molecule has 4 aliphatic carbocycles. The molecule has 0 spiro atoms. The summed E-state index contributed by atoms with van der Waals surface area (Å²) in [5.41, 5.74) is 3.07. The Morgan fingerprint density at radius 3 is 2.82 bits per heavy atom. The predicted octanol–water partition coefficient (Wildman–Crippen LogP) is 3.89. The topological polar surface area (TPSA) is 41.5 Å². The number of hydrogen-bond acceptors (Lipinski definition) is 3. The van der Waals surface area contributed by atoms with Gasteiger partial charge in [-0.1, -0.05) is 13.0 Å². The van der Waals surface area contributed by atoms with E-state index in [9.17, 15) is 5.11 Å². The summed E-state index contributed by atoms with van der Waals surface area (Å²) in [5.74, 6) is 4.24. The maximum atomic E-state index is 11.2. The van der Waals surface area contributed by atoms with Crippen molar-refractivity contribution in [3.05, 3.63) is 60.9 Å². The fourth-order valence-electron chi connectivity index (χ4n) is 6.68. The van der Waals surface area contributed by atoms with Crippen LogP contribution in [0.3, 0.4) is 0 Å². The van der Waals surface area contributed by atoms with Crippen LogP contribution in [0.1, 0.15) is 49.7 Å². The minimum atomic E-state index is -0.245. The molecule has 5 radical (unpaired) electrons. The first-order chi connectivity index (χ1) is 13.6. The highest BCUT2D eigenvalue weighted by molar-refractivity contribution is 5.41. The number of aliphatic hydroxyl groups excluding tert-OH is 1. The van der Waals surface area contributed by atoms with Crippen LogP contribution in [0.15, 0.2) is 18.2 Å². The second-order valence-corrected chi connectivity index (χ2v) is 9.49. The number of aliphatic hydroxyl groups is 1. The van der Waals surface area contributed by atoms with Gasteiger partial charge in [0.2, 0.25) is 0 Å². The van der Waals surface area contributed by atoms with E-state index in [0.717, 1.165) is 31.6 Å². The van der Waals surface area contributed by atoms with Crippen LogP contribution >= 0.6 is 0 Å². The summed E-state index contributed by atoms with van der Waals surface area (Å²) in [6.07, 6.45) is 14.1. The van der Waals surface area contributed by atoms with Crippen LogP contribution in [0, 0.1) is 48.9 Å². The first-order valence-corrected chi connectivity index (χ1v) is 10.9. The maximum Gasteiger partial charge on any atom is 0.119 e. The maximum absolute atomic E-state index is 11.2. The molecule has 0 unspecified atom stereocenters. The van der Waals surface area contributed by atoms with E-state index in [1.165, 1.54) is 24.3 Å². The van der Waals surface area contributed by atoms with E-state index in [0.29, 0.717) is 17.8 Å². The van der Waals surface area contributed by atoms with E-state index in [1.54, 1.807) is 12.7 Å². The largest absolute Gasteiger partial charge is 0.497 e. The van der Waals surface area contributed by atoms with Gasteiger partial charge in [-0.3, -0.25) is 0 Å². The van der Waals surface area contributed by atoms with Crippen molar-refractivity contribution in [1.29, 1.82) is 0 Å². The van der Waals surface area contributed by atoms with Gasteiger partial charge in [-0.05, 0) is 110 Å². The van der Waals surface area contributed by atoms with Crippen molar-refractivity contribution in [2.75, 3.05) is 13.7 Å². The van der Waals surface area contributed by atoms with E-state index < -0.39 is 0 Å². The highest BCUT2D eigenvalue weighted by atomic mass is 16.5. The smallest absolute Gasteiger partial charge is 0.119 e. The first kappa shape index (κ1) is 18.9. The molecule has 1 aromatic rings. The number of aryl methyl sites for hydroxylation is 1. The van der Waals surface area contributed by atoms with Gasteiger partial charge in [-0.25, -0.2) is 0 Å². The Labute approximate surface area is 170 Å². The highest BCUT2D eigenvalue weighted by Gasteiger charge is 2.57. The van der Waals surface area contributed by atoms with Crippen molar-refractivity contribution in [2.45, 2.75) is 57.1 Å². The second-order valence-electron chi connectivity index (χ2n) is 9.49. The van der Waals surface area contributed by atoms with Gasteiger partial charge < -0.3 is 15.2 Å². The van der Waals surface area contributed by atoms with Crippen LogP contribution in [0.5, 0.6) is 5.75 Å². The Morgan fingerprint density at radius 1 is 1.21 bits per heavy atom.